The van der Waals surface area contributed by atoms with E-state index in [1.807, 2.05) is 31.2 Å². The number of aliphatic hydroxyl groups excluding tert-OH is 1. The molecule has 120 valence electrons. The molecule has 2 heterocycles. The summed E-state index contributed by atoms with van der Waals surface area (Å²) in [6.45, 7) is 2.04. The first-order valence-electron chi connectivity index (χ1n) is 7.58. The van der Waals surface area contributed by atoms with Gasteiger partial charge in [0.2, 0.25) is 0 Å². The van der Waals surface area contributed by atoms with Crippen LogP contribution in [0.1, 0.15) is 11.4 Å². The summed E-state index contributed by atoms with van der Waals surface area (Å²) in [6.07, 6.45) is 0. The number of imidazole rings is 1. The highest BCUT2D eigenvalue weighted by molar-refractivity contribution is 6.30. The summed E-state index contributed by atoms with van der Waals surface area (Å²) >= 11 is 0. The van der Waals surface area contributed by atoms with Gasteiger partial charge in [0.1, 0.15) is 23.2 Å². The Morgan fingerprint density at radius 2 is 1.96 bits per heavy atom. The molecule has 0 amide bonds. The second kappa shape index (κ2) is 5.13. The molecular weight excluding hydrogens is 304 g/mol. The minimum Gasteiger partial charge on any atom is -0.509 e. The van der Waals surface area contributed by atoms with Crippen LogP contribution in [0, 0.1) is 12.3 Å². The number of aliphatic hydroxyl groups is 1. The standard InChI is InChI=1S/C18H16N4O2/c1-10-6-7-14(23)13(8-10)22-9-15(24)16(17(22)19)18-20-11-4-2-3-5-12(11)21-18/h2-8,19,23-24H,9H2,1H3,(H,20,21). The molecule has 1 aliphatic heterocycles. The van der Waals surface area contributed by atoms with Crippen LogP contribution in [-0.2, 0) is 0 Å². The van der Waals surface area contributed by atoms with Crippen molar-refractivity contribution < 1.29 is 10.2 Å². The van der Waals surface area contributed by atoms with Gasteiger partial charge in [-0.2, -0.15) is 0 Å². The van der Waals surface area contributed by atoms with Crippen LogP contribution in [0.4, 0.5) is 5.69 Å². The van der Waals surface area contributed by atoms with Gasteiger partial charge in [0.05, 0.1) is 28.8 Å². The summed E-state index contributed by atoms with van der Waals surface area (Å²) in [4.78, 5) is 9.17. The molecule has 6 nitrogen and oxygen atoms in total. The third-order valence-corrected chi connectivity index (χ3v) is 4.15. The fraction of sp³-hybridized carbons (Fsp3) is 0.111. The second-order valence-corrected chi connectivity index (χ2v) is 5.85. The van der Waals surface area contributed by atoms with E-state index in [9.17, 15) is 10.2 Å². The predicted octanol–water partition coefficient (Wildman–Crippen LogP) is 3.34. The largest absolute Gasteiger partial charge is 0.509 e. The average molecular weight is 320 g/mol. The molecule has 0 saturated carbocycles. The number of aryl methyl sites for hydroxylation is 1. The van der Waals surface area contributed by atoms with E-state index in [0.717, 1.165) is 16.6 Å². The number of rotatable bonds is 2. The van der Waals surface area contributed by atoms with Gasteiger partial charge in [0.25, 0.3) is 0 Å². The maximum atomic E-state index is 10.4. The van der Waals surface area contributed by atoms with E-state index in [1.165, 1.54) is 0 Å². The monoisotopic (exact) mass is 320 g/mol. The summed E-state index contributed by atoms with van der Waals surface area (Å²) in [6, 6.07) is 12.7. The molecule has 0 atom stereocenters. The predicted molar refractivity (Wildman–Crippen MR) is 93.6 cm³/mol. The Kier molecular flexibility index (Phi) is 3.06. The molecular formula is C18H16N4O2. The topological polar surface area (TPSA) is 96.2 Å². The number of H-pyrrole nitrogens is 1. The van der Waals surface area contributed by atoms with Gasteiger partial charge in [-0.3, -0.25) is 5.41 Å². The fourth-order valence-corrected chi connectivity index (χ4v) is 2.95. The van der Waals surface area contributed by atoms with Crippen LogP contribution in [-0.4, -0.2) is 32.6 Å². The number of aromatic amines is 1. The van der Waals surface area contributed by atoms with Crippen LogP contribution in [0.3, 0.4) is 0 Å². The Morgan fingerprint density at radius 3 is 2.75 bits per heavy atom. The maximum Gasteiger partial charge on any atom is 0.145 e. The first-order valence-corrected chi connectivity index (χ1v) is 7.58. The minimum atomic E-state index is 0.0555. The highest BCUT2D eigenvalue weighted by atomic mass is 16.3. The number of benzene rings is 2. The number of phenolic OH excluding ortho intramolecular Hbond substituents is 1. The van der Waals surface area contributed by atoms with Gasteiger partial charge >= 0.3 is 0 Å². The van der Waals surface area contributed by atoms with Crippen molar-refractivity contribution in [3.63, 3.8) is 0 Å². The zero-order valence-corrected chi connectivity index (χ0v) is 13.0. The van der Waals surface area contributed by atoms with Crippen molar-refractivity contribution in [2.45, 2.75) is 6.92 Å². The molecule has 1 aromatic heterocycles. The number of phenols is 1. The highest BCUT2D eigenvalue weighted by Crippen LogP contribution is 2.35. The zero-order valence-electron chi connectivity index (χ0n) is 13.0. The van der Waals surface area contributed by atoms with Gasteiger partial charge in [-0.25, -0.2) is 4.98 Å². The number of aromatic nitrogens is 2. The van der Waals surface area contributed by atoms with Crippen LogP contribution in [0.5, 0.6) is 5.75 Å². The zero-order chi connectivity index (χ0) is 16.8. The lowest BCUT2D eigenvalue weighted by Gasteiger charge is -2.20. The van der Waals surface area contributed by atoms with Gasteiger partial charge in [-0.05, 0) is 36.8 Å². The number of hydrogen-bond acceptors (Lipinski definition) is 4. The molecule has 24 heavy (non-hydrogen) atoms. The molecule has 0 aliphatic carbocycles. The van der Waals surface area contributed by atoms with E-state index in [1.54, 1.807) is 23.1 Å². The van der Waals surface area contributed by atoms with Crippen LogP contribution in [0.25, 0.3) is 16.6 Å². The summed E-state index contributed by atoms with van der Waals surface area (Å²) in [5, 5.41) is 28.9. The number of amidine groups is 1. The fourth-order valence-electron chi connectivity index (χ4n) is 2.95. The van der Waals surface area contributed by atoms with Crippen molar-refractivity contribution in [3.05, 3.63) is 59.6 Å². The Balaban J connectivity index is 1.76. The highest BCUT2D eigenvalue weighted by Gasteiger charge is 2.32. The molecule has 0 bridgehead atoms. The van der Waals surface area contributed by atoms with Crippen LogP contribution in [0.2, 0.25) is 0 Å². The molecule has 3 aromatic rings. The van der Waals surface area contributed by atoms with Crippen LogP contribution < -0.4 is 4.90 Å². The number of nitrogens with one attached hydrogen (secondary N) is 2. The van der Waals surface area contributed by atoms with Crippen LogP contribution in [0.15, 0.2) is 48.2 Å². The average Bonchev–Trinajstić information content (AvgIpc) is 3.10. The van der Waals surface area contributed by atoms with E-state index < -0.39 is 0 Å². The quantitative estimate of drug-likeness (QED) is 0.582. The van der Waals surface area contributed by atoms with Gasteiger partial charge in [-0.15, -0.1) is 0 Å². The van der Waals surface area contributed by atoms with E-state index >= 15 is 0 Å². The lowest BCUT2D eigenvalue weighted by atomic mass is 10.2. The van der Waals surface area contributed by atoms with E-state index in [0.29, 0.717) is 17.1 Å². The summed E-state index contributed by atoms with van der Waals surface area (Å²) in [7, 11) is 0. The molecule has 0 unspecified atom stereocenters. The lowest BCUT2D eigenvalue weighted by molar-refractivity contribution is 0.410. The molecule has 0 radical (unpaired) electrons. The van der Waals surface area contributed by atoms with Crippen molar-refractivity contribution in [1.29, 1.82) is 5.41 Å². The van der Waals surface area contributed by atoms with E-state index in [4.69, 9.17) is 5.41 Å². The van der Waals surface area contributed by atoms with Crippen LogP contribution >= 0.6 is 0 Å². The SMILES string of the molecule is Cc1ccc(O)c(N2CC(O)=C(c3nc4ccccc4[nH]3)C2=N)c1. The number of nitrogens with zero attached hydrogens (tertiary/aromatic N) is 2. The molecule has 2 aromatic carbocycles. The Bertz CT molecular complexity index is 970. The van der Waals surface area contributed by atoms with Gasteiger partial charge in [-0.1, -0.05) is 18.2 Å². The third-order valence-electron chi connectivity index (χ3n) is 4.15. The van der Waals surface area contributed by atoms with E-state index in [2.05, 4.69) is 9.97 Å². The molecule has 1 aliphatic rings. The lowest BCUT2D eigenvalue weighted by Crippen LogP contribution is -2.26. The normalized spacial score (nSPS) is 14.9. The van der Waals surface area contributed by atoms with Crippen molar-refractivity contribution in [2.24, 2.45) is 0 Å². The number of para-hydroxylation sites is 2. The smallest absolute Gasteiger partial charge is 0.145 e. The summed E-state index contributed by atoms with van der Waals surface area (Å²) in [5.74, 6) is 0.685. The second-order valence-electron chi connectivity index (χ2n) is 5.85. The number of anilines is 1. The van der Waals surface area contributed by atoms with Crippen molar-refractivity contribution in [3.8, 4) is 5.75 Å². The summed E-state index contributed by atoms with van der Waals surface area (Å²) < 4.78 is 0. The van der Waals surface area contributed by atoms with E-state index in [-0.39, 0.29) is 23.9 Å². The molecule has 0 fully saturated rings. The van der Waals surface area contributed by atoms with Crippen molar-refractivity contribution in [2.75, 3.05) is 11.4 Å². The first kappa shape index (κ1) is 14.3. The Labute approximate surface area is 138 Å². The molecule has 0 saturated heterocycles. The first-order chi connectivity index (χ1) is 11.5. The van der Waals surface area contributed by atoms with Gasteiger partial charge in [0, 0.05) is 0 Å². The number of hydrogen-bond donors (Lipinski definition) is 4. The minimum absolute atomic E-state index is 0.0555. The molecule has 6 heteroatoms. The van der Waals surface area contributed by atoms with Gasteiger partial charge in [0.15, 0.2) is 0 Å². The summed E-state index contributed by atoms with van der Waals surface area (Å²) in [5.41, 5.74) is 3.44. The number of aromatic hydroxyl groups is 1. The molecule has 4 rings (SSSR count). The van der Waals surface area contributed by atoms with Crippen molar-refractivity contribution in [1.82, 2.24) is 9.97 Å². The van der Waals surface area contributed by atoms with Crippen molar-refractivity contribution >= 4 is 28.1 Å². The third kappa shape index (κ3) is 2.11. The molecule has 0 spiro atoms. The molecule has 4 N–H and O–H groups in total. The maximum absolute atomic E-state index is 10.4. The van der Waals surface area contributed by atoms with Gasteiger partial charge < -0.3 is 20.1 Å². The Morgan fingerprint density at radius 1 is 1.17 bits per heavy atom. The Hall–Kier alpha value is -3.28. The number of fused-ring (bicyclic) bond motifs is 1.